The van der Waals surface area contributed by atoms with Crippen LogP contribution in [0.1, 0.15) is 16.7 Å². The number of halogens is 2. The molecule has 4 nitrogen and oxygen atoms in total. The molecule has 1 aliphatic carbocycles. The lowest BCUT2D eigenvalue weighted by molar-refractivity contribution is 0.545. The van der Waals surface area contributed by atoms with Gasteiger partial charge in [0, 0.05) is 11.8 Å². The molecule has 2 aromatic heterocycles. The van der Waals surface area contributed by atoms with Crippen molar-refractivity contribution < 1.29 is 8.78 Å². The Hall–Kier alpha value is -3.67. The van der Waals surface area contributed by atoms with Gasteiger partial charge < -0.3 is 0 Å². The van der Waals surface area contributed by atoms with E-state index in [2.05, 4.69) is 16.0 Å². The van der Waals surface area contributed by atoms with E-state index in [1.807, 2.05) is 24.3 Å². The van der Waals surface area contributed by atoms with E-state index in [4.69, 9.17) is 0 Å². The molecule has 5 rings (SSSR count). The van der Waals surface area contributed by atoms with Crippen LogP contribution in [0.15, 0.2) is 65.9 Å². The summed E-state index contributed by atoms with van der Waals surface area (Å²) in [6.45, 7) is -0.240. The summed E-state index contributed by atoms with van der Waals surface area (Å²) in [7, 11) is 0. The highest BCUT2D eigenvalue weighted by Crippen LogP contribution is 2.29. The average Bonchev–Trinajstić information content (AvgIpc) is 3.19. The summed E-state index contributed by atoms with van der Waals surface area (Å²) >= 11 is 0. The Balaban J connectivity index is 1.57. The van der Waals surface area contributed by atoms with Crippen LogP contribution in [0, 0.1) is 11.6 Å². The first-order valence-corrected chi connectivity index (χ1v) is 9.17. The fourth-order valence-electron chi connectivity index (χ4n) is 3.69. The molecular formula is C23H15F2N3O. The maximum atomic E-state index is 14.9. The SMILES string of the molecule is O=c1cnc2ccncc2n1Cc1c(F)cc(-c2ccc3c(c2)CC=C3)cc1F. The molecule has 0 N–H and O–H groups in total. The Morgan fingerprint density at radius 1 is 1.00 bits per heavy atom. The largest absolute Gasteiger partial charge is 0.299 e. The van der Waals surface area contributed by atoms with E-state index in [9.17, 15) is 13.6 Å². The van der Waals surface area contributed by atoms with Crippen molar-refractivity contribution in [1.82, 2.24) is 14.5 Å². The first kappa shape index (κ1) is 17.4. The molecule has 0 saturated heterocycles. The van der Waals surface area contributed by atoms with E-state index in [1.165, 1.54) is 22.9 Å². The van der Waals surface area contributed by atoms with Crippen LogP contribution in [0.2, 0.25) is 0 Å². The minimum absolute atomic E-state index is 0.171. The van der Waals surface area contributed by atoms with Crippen molar-refractivity contribution in [2.45, 2.75) is 13.0 Å². The second-order valence-electron chi connectivity index (χ2n) is 6.99. The summed E-state index contributed by atoms with van der Waals surface area (Å²) in [6.07, 6.45) is 9.07. The number of allylic oxidation sites excluding steroid dienone is 1. The Morgan fingerprint density at radius 3 is 2.66 bits per heavy atom. The molecule has 29 heavy (non-hydrogen) atoms. The monoisotopic (exact) mass is 387 g/mol. The van der Waals surface area contributed by atoms with Crippen molar-refractivity contribution in [2.75, 3.05) is 0 Å². The Morgan fingerprint density at radius 2 is 1.83 bits per heavy atom. The van der Waals surface area contributed by atoms with Gasteiger partial charge in [-0.15, -0.1) is 0 Å². The van der Waals surface area contributed by atoms with Gasteiger partial charge in [0.1, 0.15) is 11.6 Å². The number of hydrogen-bond donors (Lipinski definition) is 0. The molecule has 6 heteroatoms. The third-order valence-electron chi connectivity index (χ3n) is 5.22. The number of benzene rings is 2. The van der Waals surface area contributed by atoms with E-state index in [0.29, 0.717) is 16.6 Å². The van der Waals surface area contributed by atoms with Crippen LogP contribution in [-0.4, -0.2) is 14.5 Å². The Labute approximate surface area is 164 Å². The summed E-state index contributed by atoms with van der Waals surface area (Å²) in [6, 6.07) is 10.0. The van der Waals surface area contributed by atoms with Crippen LogP contribution in [0.4, 0.5) is 8.78 Å². The van der Waals surface area contributed by atoms with Crippen LogP contribution in [-0.2, 0) is 13.0 Å². The summed E-state index contributed by atoms with van der Waals surface area (Å²) < 4.78 is 31.1. The van der Waals surface area contributed by atoms with Gasteiger partial charge in [0.15, 0.2) is 0 Å². The third kappa shape index (κ3) is 3.02. The van der Waals surface area contributed by atoms with Crippen molar-refractivity contribution in [3.63, 3.8) is 0 Å². The van der Waals surface area contributed by atoms with Gasteiger partial charge in [-0.05, 0) is 46.9 Å². The molecule has 0 saturated carbocycles. The standard InChI is InChI=1S/C23H15F2N3O/c24-19-9-17(16-5-4-14-2-1-3-15(14)8-16)10-20(25)18(19)13-28-22-11-26-7-6-21(22)27-12-23(28)29/h1-2,4-12H,3,13H2. The van der Waals surface area contributed by atoms with Gasteiger partial charge in [-0.1, -0.05) is 30.4 Å². The van der Waals surface area contributed by atoms with Gasteiger partial charge in [-0.2, -0.15) is 0 Å². The summed E-state index contributed by atoms with van der Waals surface area (Å²) in [5.74, 6) is -1.39. The minimum atomic E-state index is -0.695. The molecule has 2 aromatic carbocycles. The zero-order valence-corrected chi connectivity index (χ0v) is 15.3. The van der Waals surface area contributed by atoms with E-state index < -0.39 is 17.2 Å². The highest BCUT2D eigenvalue weighted by Gasteiger charge is 2.16. The summed E-state index contributed by atoms with van der Waals surface area (Å²) in [5.41, 5.74) is 3.82. The highest BCUT2D eigenvalue weighted by molar-refractivity contribution is 5.73. The van der Waals surface area contributed by atoms with Crippen LogP contribution >= 0.6 is 0 Å². The van der Waals surface area contributed by atoms with E-state index in [-0.39, 0.29) is 12.1 Å². The number of rotatable bonds is 3. The first-order valence-electron chi connectivity index (χ1n) is 9.17. The molecule has 4 aromatic rings. The van der Waals surface area contributed by atoms with Gasteiger partial charge in [0.05, 0.1) is 30.0 Å². The predicted octanol–water partition coefficient (Wildman–Crippen LogP) is 4.35. The lowest BCUT2D eigenvalue weighted by Crippen LogP contribution is -2.22. The van der Waals surface area contributed by atoms with Crippen molar-refractivity contribution in [3.8, 4) is 11.1 Å². The number of fused-ring (bicyclic) bond motifs is 2. The molecule has 0 bridgehead atoms. The Kier molecular flexibility index (Phi) is 4.05. The topological polar surface area (TPSA) is 47.8 Å². The third-order valence-corrected chi connectivity index (χ3v) is 5.22. The normalized spacial score (nSPS) is 12.5. The smallest absolute Gasteiger partial charge is 0.269 e. The van der Waals surface area contributed by atoms with Crippen LogP contribution in [0.5, 0.6) is 0 Å². The molecule has 142 valence electrons. The van der Waals surface area contributed by atoms with Crippen LogP contribution < -0.4 is 5.56 Å². The zero-order chi connectivity index (χ0) is 20.0. The molecule has 0 unspecified atom stereocenters. The maximum Gasteiger partial charge on any atom is 0.269 e. The van der Waals surface area contributed by atoms with E-state index in [0.717, 1.165) is 29.3 Å². The van der Waals surface area contributed by atoms with Crippen molar-refractivity contribution in [3.05, 3.63) is 99.7 Å². The minimum Gasteiger partial charge on any atom is -0.299 e. The predicted molar refractivity (Wildman–Crippen MR) is 107 cm³/mol. The first-order chi connectivity index (χ1) is 14.1. The lowest BCUT2D eigenvalue weighted by Gasteiger charge is -2.13. The van der Waals surface area contributed by atoms with Gasteiger partial charge >= 0.3 is 0 Å². The van der Waals surface area contributed by atoms with Crippen molar-refractivity contribution in [2.24, 2.45) is 0 Å². The quantitative estimate of drug-likeness (QED) is 0.525. The fraction of sp³-hybridized carbons (Fsp3) is 0.0870. The second kappa shape index (κ2) is 6.74. The fourth-order valence-corrected chi connectivity index (χ4v) is 3.69. The molecule has 0 spiro atoms. The molecular weight excluding hydrogens is 372 g/mol. The van der Waals surface area contributed by atoms with E-state index in [1.54, 1.807) is 12.3 Å². The lowest BCUT2D eigenvalue weighted by atomic mass is 9.98. The molecule has 2 heterocycles. The van der Waals surface area contributed by atoms with Crippen LogP contribution in [0.3, 0.4) is 0 Å². The van der Waals surface area contributed by atoms with Gasteiger partial charge in [0.25, 0.3) is 5.56 Å². The van der Waals surface area contributed by atoms with Gasteiger partial charge in [0.2, 0.25) is 0 Å². The molecule has 1 aliphatic rings. The zero-order valence-electron chi connectivity index (χ0n) is 15.3. The van der Waals surface area contributed by atoms with Gasteiger partial charge in [-0.3, -0.25) is 14.3 Å². The Bertz CT molecular complexity index is 1340. The average molecular weight is 387 g/mol. The van der Waals surface area contributed by atoms with Crippen molar-refractivity contribution in [1.29, 1.82) is 0 Å². The molecule has 0 aliphatic heterocycles. The molecule has 0 atom stereocenters. The van der Waals surface area contributed by atoms with Gasteiger partial charge in [-0.25, -0.2) is 13.8 Å². The summed E-state index contributed by atoms with van der Waals surface area (Å²) in [5, 5.41) is 0. The van der Waals surface area contributed by atoms with Crippen molar-refractivity contribution >= 4 is 17.1 Å². The summed E-state index contributed by atoms with van der Waals surface area (Å²) in [4.78, 5) is 20.3. The maximum absolute atomic E-state index is 14.9. The number of aromatic nitrogens is 3. The second-order valence-corrected chi connectivity index (χ2v) is 6.99. The van der Waals surface area contributed by atoms with Crippen LogP contribution in [0.25, 0.3) is 28.2 Å². The molecule has 0 amide bonds. The highest BCUT2D eigenvalue weighted by atomic mass is 19.1. The molecule has 0 radical (unpaired) electrons. The number of hydrogen-bond acceptors (Lipinski definition) is 3. The van der Waals surface area contributed by atoms with E-state index >= 15 is 0 Å². The number of pyridine rings is 1. The molecule has 0 fully saturated rings. The number of nitrogens with zero attached hydrogens (tertiary/aromatic N) is 3.